The van der Waals surface area contributed by atoms with Gasteiger partial charge in [0.05, 0.1) is 8.80 Å². The van der Waals surface area contributed by atoms with Gasteiger partial charge in [-0.25, -0.2) is 0 Å². The lowest BCUT2D eigenvalue weighted by Gasteiger charge is -2.19. The van der Waals surface area contributed by atoms with Crippen LogP contribution < -0.4 is 0 Å². The first kappa shape index (κ1) is 9.89. The monoisotopic (exact) mass is 157 g/mol. The van der Waals surface area contributed by atoms with E-state index in [1.807, 2.05) is 0 Å². The quantitative estimate of drug-likeness (QED) is 0.452. The largest absolute Gasteiger partial charge is 0.304 e. The Labute approximate surface area is 65.4 Å². The molecule has 0 atom stereocenters. The molecule has 0 bridgehead atoms. The van der Waals surface area contributed by atoms with Gasteiger partial charge in [0.15, 0.2) is 0 Å². The van der Waals surface area contributed by atoms with E-state index in [9.17, 15) is 4.79 Å². The molecule has 1 nitrogen and oxygen atoms in total. The second-order valence-electron chi connectivity index (χ2n) is 3.26. The number of hydrogen-bond acceptors (Lipinski definition) is 1. The highest BCUT2D eigenvalue weighted by Gasteiger charge is 2.18. The number of carbonyl (C=O) groups excluding carboxylic acids is 1. The molecule has 0 heterocycles. The van der Waals surface area contributed by atoms with Crippen LogP contribution in [0.1, 0.15) is 27.7 Å². The standard InChI is InChI=1S/C8H17OSi/c1-7(2)10(6-5-9)8(3)4/h5,7-8H,6H2,1-4H3. The summed E-state index contributed by atoms with van der Waals surface area (Å²) in [6.45, 7) is 8.88. The fourth-order valence-electron chi connectivity index (χ4n) is 1.23. The molecular formula is C8H17OSi. The zero-order valence-electron chi connectivity index (χ0n) is 7.35. The van der Waals surface area contributed by atoms with Gasteiger partial charge in [0.2, 0.25) is 0 Å². The van der Waals surface area contributed by atoms with Crippen molar-refractivity contribution in [3.8, 4) is 0 Å². The molecule has 0 aromatic carbocycles. The SMILES string of the molecule is CC(C)[Si](CC=O)C(C)C. The third kappa shape index (κ3) is 3.16. The van der Waals surface area contributed by atoms with Crippen molar-refractivity contribution in [1.29, 1.82) is 0 Å². The van der Waals surface area contributed by atoms with E-state index in [0.29, 0.717) is 0 Å². The van der Waals surface area contributed by atoms with E-state index in [1.165, 1.54) is 0 Å². The molecule has 1 radical (unpaired) electrons. The molecule has 2 heteroatoms. The van der Waals surface area contributed by atoms with Crippen LogP contribution in [0, 0.1) is 0 Å². The lowest BCUT2D eigenvalue weighted by molar-refractivity contribution is -0.106. The first-order valence-corrected chi connectivity index (χ1v) is 5.75. The molecule has 0 unspecified atom stereocenters. The van der Waals surface area contributed by atoms with Gasteiger partial charge in [0.1, 0.15) is 6.29 Å². The molecule has 10 heavy (non-hydrogen) atoms. The van der Waals surface area contributed by atoms with Gasteiger partial charge in [0, 0.05) is 0 Å². The van der Waals surface area contributed by atoms with Gasteiger partial charge in [-0.3, -0.25) is 0 Å². The van der Waals surface area contributed by atoms with Crippen molar-refractivity contribution in [1.82, 2.24) is 0 Å². The molecule has 0 spiro atoms. The minimum atomic E-state index is -0.398. The van der Waals surface area contributed by atoms with Crippen LogP contribution in [0.2, 0.25) is 17.1 Å². The number of aldehydes is 1. The maximum Gasteiger partial charge on any atom is 0.117 e. The van der Waals surface area contributed by atoms with E-state index < -0.39 is 8.80 Å². The van der Waals surface area contributed by atoms with Gasteiger partial charge in [0.25, 0.3) is 0 Å². The van der Waals surface area contributed by atoms with Crippen LogP contribution in [-0.4, -0.2) is 15.1 Å². The second kappa shape index (κ2) is 4.66. The van der Waals surface area contributed by atoms with E-state index >= 15 is 0 Å². The molecule has 0 aliphatic heterocycles. The van der Waals surface area contributed by atoms with Gasteiger partial charge in [-0.2, -0.15) is 0 Å². The van der Waals surface area contributed by atoms with Gasteiger partial charge in [-0.05, 0) is 6.04 Å². The average Bonchev–Trinajstić information content (AvgIpc) is 1.81. The third-order valence-electron chi connectivity index (χ3n) is 1.80. The Bertz CT molecular complexity index is 91.4. The molecule has 0 aromatic heterocycles. The van der Waals surface area contributed by atoms with Crippen LogP contribution >= 0.6 is 0 Å². The van der Waals surface area contributed by atoms with E-state index in [2.05, 4.69) is 27.7 Å². The van der Waals surface area contributed by atoms with Crippen molar-refractivity contribution in [3.05, 3.63) is 0 Å². The van der Waals surface area contributed by atoms with Crippen molar-refractivity contribution >= 4 is 15.1 Å². The fourth-order valence-corrected chi connectivity index (χ4v) is 3.70. The predicted octanol–water partition coefficient (Wildman–Crippen LogP) is 2.50. The van der Waals surface area contributed by atoms with Crippen molar-refractivity contribution in [3.63, 3.8) is 0 Å². The van der Waals surface area contributed by atoms with E-state index in [1.54, 1.807) is 0 Å². The summed E-state index contributed by atoms with van der Waals surface area (Å²) in [7, 11) is -0.398. The highest BCUT2D eigenvalue weighted by Crippen LogP contribution is 2.21. The summed E-state index contributed by atoms with van der Waals surface area (Å²) in [5.74, 6) is 0. The van der Waals surface area contributed by atoms with Gasteiger partial charge in [-0.1, -0.05) is 38.8 Å². The van der Waals surface area contributed by atoms with Gasteiger partial charge >= 0.3 is 0 Å². The van der Waals surface area contributed by atoms with E-state index in [4.69, 9.17) is 0 Å². The number of hydrogen-bond donors (Lipinski definition) is 0. The van der Waals surface area contributed by atoms with Gasteiger partial charge in [-0.15, -0.1) is 0 Å². The molecule has 0 aliphatic rings. The molecule has 0 amide bonds. The Morgan fingerprint density at radius 2 is 1.60 bits per heavy atom. The summed E-state index contributed by atoms with van der Waals surface area (Å²) < 4.78 is 0. The molecule has 0 aromatic rings. The lowest BCUT2D eigenvalue weighted by atomic mass is 10.5. The van der Waals surface area contributed by atoms with Crippen LogP contribution in [0.25, 0.3) is 0 Å². The Balaban J connectivity index is 3.84. The van der Waals surface area contributed by atoms with E-state index in [0.717, 1.165) is 23.4 Å². The number of rotatable bonds is 4. The predicted molar refractivity (Wildman–Crippen MR) is 46.8 cm³/mol. The molecule has 0 N–H and O–H groups in total. The summed E-state index contributed by atoms with van der Waals surface area (Å²) in [4.78, 5) is 10.2. The fraction of sp³-hybridized carbons (Fsp3) is 0.875. The second-order valence-corrected chi connectivity index (χ2v) is 7.12. The minimum Gasteiger partial charge on any atom is -0.304 e. The Kier molecular flexibility index (Phi) is 4.61. The summed E-state index contributed by atoms with van der Waals surface area (Å²) in [6, 6.07) is 0.819. The third-order valence-corrected chi connectivity index (χ3v) is 5.41. The lowest BCUT2D eigenvalue weighted by Crippen LogP contribution is -2.20. The zero-order valence-corrected chi connectivity index (χ0v) is 8.35. The molecule has 0 fully saturated rings. The highest BCUT2D eigenvalue weighted by atomic mass is 28.3. The smallest absolute Gasteiger partial charge is 0.117 e. The molecule has 0 rings (SSSR count). The van der Waals surface area contributed by atoms with Crippen molar-refractivity contribution in [2.24, 2.45) is 0 Å². The van der Waals surface area contributed by atoms with Gasteiger partial charge < -0.3 is 4.79 Å². The summed E-state index contributed by atoms with van der Waals surface area (Å²) in [5, 5.41) is 0. The van der Waals surface area contributed by atoms with Crippen LogP contribution in [0.4, 0.5) is 0 Å². The first-order valence-electron chi connectivity index (χ1n) is 3.88. The summed E-state index contributed by atoms with van der Waals surface area (Å²) >= 11 is 0. The number of carbonyl (C=O) groups is 1. The molecular weight excluding hydrogens is 140 g/mol. The Hall–Kier alpha value is -0.113. The van der Waals surface area contributed by atoms with Crippen LogP contribution in [0.15, 0.2) is 0 Å². The molecule has 0 aliphatic carbocycles. The normalized spacial score (nSPS) is 11.5. The van der Waals surface area contributed by atoms with Crippen molar-refractivity contribution in [2.75, 3.05) is 0 Å². The van der Waals surface area contributed by atoms with Crippen molar-refractivity contribution in [2.45, 2.75) is 44.8 Å². The molecule has 59 valence electrons. The summed E-state index contributed by atoms with van der Waals surface area (Å²) in [6.07, 6.45) is 1.08. The van der Waals surface area contributed by atoms with Crippen LogP contribution in [0.3, 0.4) is 0 Å². The Morgan fingerprint density at radius 3 is 1.70 bits per heavy atom. The maximum atomic E-state index is 10.2. The first-order chi connectivity index (χ1) is 4.59. The van der Waals surface area contributed by atoms with Crippen molar-refractivity contribution < 1.29 is 4.79 Å². The minimum absolute atomic E-state index is 0.398. The van der Waals surface area contributed by atoms with Crippen LogP contribution in [0.5, 0.6) is 0 Å². The van der Waals surface area contributed by atoms with Crippen LogP contribution in [-0.2, 0) is 4.79 Å². The molecule has 0 saturated carbocycles. The maximum absolute atomic E-state index is 10.2. The zero-order chi connectivity index (χ0) is 8.15. The molecule has 0 saturated heterocycles. The summed E-state index contributed by atoms with van der Waals surface area (Å²) in [5.41, 5.74) is 1.46. The Morgan fingerprint density at radius 1 is 1.20 bits per heavy atom. The topological polar surface area (TPSA) is 17.1 Å². The highest BCUT2D eigenvalue weighted by molar-refractivity contribution is 6.64. The van der Waals surface area contributed by atoms with E-state index in [-0.39, 0.29) is 0 Å². The average molecular weight is 157 g/mol.